The highest BCUT2D eigenvalue weighted by Gasteiger charge is 2.49. The van der Waals surface area contributed by atoms with Crippen molar-refractivity contribution < 1.29 is 9.50 Å². The molecule has 2 aliphatic rings. The van der Waals surface area contributed by atoms with Crippen LogP contribution in [0, 0.1) is 5.95 Å². The van der Waals surface area contributed by atoms with Crippen LogP contribution >= 0.6 is 0 Å². The summed E-state index contributed by atoms with van der Waals surface area (Å²) in [4.78, 5) is 5.81. The van der Waals surface area contributed by atoms with E-state index in [2.05, 4.69) is 46.3 Å². The van der Waals surface area contributed by atoms with E-state index in [9.17, 15) is 9.50 Å². The number of fused-ring (bicyclic) bond motifs is 2. The SMILES string of the molecule is CN(c1ccc(-c2ccc(-n3cnc(F)c3)cc2O)nn1)[C@@H]1C[C@]2(C)CC[C@](C)(C1)N2. The molecule has 31 heavy (non-hydrogen) atoms. The van der Waals surface area contributed by atoms with Gasteiger partial charge < -0.3 is 19.9 Å². The Hall–Kier alpha value is -3.00. The standard InChI is InChI=1S/C23H27FN6O/c1-22-8-9-23(2,28-22)12-16(11-22)29(3)21-7-6-18(26-27-21)17-5-4-15(10-19(17)31)30-13-20(24)25-14-30/h4-7,10,13-14,16,28,31H,8-9,11-12H2,1-3H3/t16-,22+,23-. The average molecular weight is 423 g/mol. The molecule has 2 fully saturated rings. The van der Waals surface area contributed by atoms with Gasteiger partial charge in [-0.2, -0.15) is 4.39 Å². The fraction of sp³-hybridized carbons (Fsp3) is 0.435. The first kappa shape index (κ1) is 19.9. The van der Waals surface area contributed by atoms with Gasteiger partial charge in [0.25, 0.3) is 0 Å². The highest BCUT2D eigenvalue weighted by molar-refractivity contribution is 5.69. The monoisotopic (exact) mass is 422 g/mol. The number of piperidine rings is 1. The summed E-state index contributed by atoms with van der Waals surface area (Å²) < 4.78 is 14.7. The molecule has 2 saturated heterocycles. The van der Waals surface area contributed by atoms with Gasteiger partial charge in [-0.15, -0.1) is 10.2 Å². The number of hydrogen-bond donors (Lipinski definition) is 2. The lowest BCUT2D eigenvalue weighted by atomic mass is 9.84. The van der Waals surface area contributed by atoms with Crippen molar-refractivity contribution in [2.24, 2.45) is 0 Å². The van der Waals surface area contributed by atoms with Crippen LogP contribution < -0.4 is 10.2 Å². The van der Waals surface area contributed by atoms with Gasteiger partial charge in [0.15, 0.2) is 5.82 Å². The fourth-order valence-electron chi connectivity index (χ4n) is 5.28. The summed E-state index contributed by atoms with van der Waals surface area (Å²) in [5.74, 6) is 0.309. The van der Waals surface area contributed by atoms with Crippen molar-refractivity contribution in [3.8, 4) is 22.7 Å². The van der Waals surface area contributed by atoms with E-state index in [-0.39, 0.29) is 16.8 Å². The number of nitrogens with one attached hydrogen (secondary N) is 1. The van der Waals surface area contributed by atoms with Gasteiger partial charge in [-0.25, -0.2) is 4.98 Å². The number of halogens is 1. The molecular weight excluding hydrogens is 395 g/mol. The number of aromatic nitrogens is 4. The van der Waals surface area contributed by atoms with E-state index in [0.717, 1.165) is 18.7 Å². The summed E-state index contributed by atoms with van der Waals surface area (Å²) in [5.41, 5.74) is 2.15. The van der Waals surface area contributed by atoms with Crippen LogP contribution in [0.2, 0.25) is 0 Å². The van der Waals surface area contributed by atoms with E-state index in [1.54, 1.807) is 18.2 Å². The highest BCUT2D eigenvalue weighted by atomic mass is 19.1. The summed E-state index contributed by atoms with van der Waals surface area (Å²) in [6.07, 6.45) is 7.20. The maximum Gasteiger partial charge on any atom is 0.231 e. The second-order valence-electron chi connectivity index (χ2n) is 9.50. The topological polar surface area (TPSA) is 79.1 Å². The zero-order valence-corrected chi connectivity index (χ0v) is 18.0. The minimum Gasteiger partial charge on any atom is -0.507 e. The van der Waals surface area contributed by atoms with E-state index in [4.69, 9.17) is 0 Å². The van der Waals surface area contributed by atoms with Crippen molar-refractivity contribution in [2.45, 2.75) is 56.7 Å². The zero-order chi connectivity index (χ0) is 21.8. The van der Waals surface area contributed by atoms with Crippen molar-refractivity contribution in [2.75, 3.05) is 11.9 Å². The van der Waals surface area contributed by atoms with Crippen LogP contribution in [-0.4, -0.2) is 49.0 Å². The molecule has 2 aliphatic heterocycles. The fourth-order valence-corrected chi connectivity index (χ4v) is 5.28. The van der Waals surface area contributed by atoms with E-state index in [1.807, 2.05) is 12.1 Å². The van der Waals surface area contributed by atoms with E-state index in [0.29, 0.717) is 23.0 Å². The van der Waals surface area contributed by atoms with Gasteiger partial charge in [-0.05, 0) is 63.8 Å². The molecule has 2 N–H and O–H groups in total. The third-order valence-corrected chi connectivity index (χ3v) is 6.87. The second-order valence-corrected chi connectivity index (χ2v) is 9.50. The van der Waals surface area contributed by atoms with Crippen molar-refractivity contribution in [3.63, 3.8) is 0 Å². The van der Waals surface area contributed by atoms with Gasteiger partial charge in [-0.1, -0.05) is 0 Å². The number of anilines is 1. The maximum atomic E-state index is 13.2. The van der Waals surface area contributed by atoms with Crippen LogP contribution in [0.3, 0.4) is 0 Å². The number of imidazole rings is 1. The molecule has 5 rings (SSSR count). The van der Waals surface area contributed by atoms with Gasteiger partial charge in [0.2, 0.25) is 5.95 Å². The van der Waals surface area contributed by atoms with Crippen molar-refractivity contribution in [3.05, 3.63) is 48.8 Å². The molecule has 2 bridgehead atoms. The predicted molar refractivity (Wildman–Crippen MR) is 117 cm³/mol. The van der Waals surface area contributed by atoms with Crippen LogP contribution in [0.5, 0.6) is 5.75 Å². The van der Waals surface area contributed by atoms with Gasteiger partial charge >= 0.3 is 0 Å². The number of nitrogens with zero attached hydrogens (tertiary/aromatic N) is 5. The van der Waals surface area contributed by atoms with Gasteiger partial charge in [0.05, 0.1) is 17.6 Å². The minimum absolute atomic E-state index is 0.0535. The molecule has 4 heterocycles. The van der Waals surface area contributed by atoms with Crippen molar-refractivity contribution >= 4 is 5.82 Å². The third-order valence-electron chi connectivity index (χ3n) is 6.87. The molecule has 0 radical (unpaired) electrons. The molecule has 0 spiro atoms. The molecule has 3 atom stereocenters. The summed E-state index contributed by atoms with van der Waals surface area (Å²) in [5, 5.41) is 23.1. The molecule has 0 amide bonds. The lowest BCUT2D eigenvalue weighted by Gasteiger charge is -2.45. The number of phenolic OH excluding ortho intramolecular Hbond substituents is 1. The zero-order valence-electron chi connectivity index (χ0n) is 18.0. The third kappa shape index (κ3) is 3.65. The van der Waals surface area contributed by atoms with Crippen LogP contribution in [-0.2, 0) is 0 Å². The Labute approximate surface area is 180 Å². The largest absolute Gasteiger partial charge is 0.507 e. The molecule has 0 aliphatic carbocycles. The number of aromatic hydroxyl groups is 1. The van der Waals surface area contributed by atoms with Crippen molar-refractivity contribution in [1.29, 1.82) is 0 Å². The minimum atomic E-state index is -0.570. The molecule has 7 nitrogen and oxygen atoms in total. The van der Waals surface area contributed by atoms with E-state index in [1.165, 1.54) is 29.9 Å². The van der Waals surface area contributed by atoms with Gasteiger partial charge in [0, 0.05) is 35.8 Å². The number of hydrogen-bond acceptors (Lipinski definition) is 6. The molecule has 3 aromatic rings. The Morgan fingerprint density at radius 1 is 1.13 bits per heavy atom. The van der Waals surface area contributed by atoms with E-state index < -0.39 is 5.95 Å². The Kier molecular flexibility index (Phi) is 4.51. The first-order valence-corrected chi connectivity index (χ1v) is 10.6. The number of rotatable bonds is 4. The lowest BCUT2D eigenvalue weighted by molar-refractivity contribution is 0.207. The normalized spacial score (nSPS) is 27.4. The summed E-state index contributed by atoms with van der Waals surface area (Å²) in [6, 6.07) is 9.33. The molecule has 2 aromatic heterocycles. The van der Waals surface area contributed by atoms with Crippen molar-refractivity contribution in [1.82, 2.24) is 25.1 Å². The van der Waals surface area contributed by atoms with Gasteiger partial charge in [0.1, 0.15) is 12.1 Å². The smallest absolute Gasteiger partial charge is 0.231 e. The molecule has 0 unspecified atom stereocenters. The van der Waals surface area contributed by atoms with Gasteiger partial charge in [-0.3, -0.25) is 0 Å². The highest BCUT2D eigenvalue weighted by Crippen LogP contribution is 2.43. The average Bonchev–Trinajstić information content (AvgIpc) is 3.27. The molecule has 162 valence electrons. The maximum absolute atomic E-state index is 13.2. The van der Waals surface area contributed by atoms with Crippen LogP contribution in [0.25, 0.3) is 16.9 Å². The Bertz CT molecular complexity index is 1100. The first-order chi connectivity index (χ1) is 14.7. The number of benzene rings is 1. The Balaban J connectivity index is 1.35. The summed E-state index contributed by atoms with van der Waals surface area (Å²) >= 11 is 0. The van der Waals surface area contributed by atoms with Crippen LogP contribution in [0.4, 0.5) is 10.2 Å². The molecule has 1 aromatic carbocycles. The Morgan fingerprint density at radius 2 is 1.87 bits per heavy atom. The number of phenols is 1. The van der Waals surface area contributed by atoms with Crippen LogP contribution in [0.1, 0.15) is 39.5 Å². The predicted octanol–water partition coefficient (Wildman–Crippen LogP) is 3.67. The summed E-state index contributed by atoms with van der Waals surface area (Å²) in [6.45, 7) is 4.63. The lowest BCUT2D eigenvalue weighted by Crippen LogP contribution is -2.58. The first-order valence-electron chi connectivity index (χ1n) is 10.6. The quantitative estimate of drug-likeness (QED) is 0.668. The summed E-state index contributed by atoms with van der Waals surface area (Å²) in [7, 11) is 2.09. The van der Waals surface area contributed by atoms with E-state index >= 15 is 0 Å². The van der Waals surface area contributed by atoms with Crippen LogP contribution in [0.15, 0.2) is 42.9 Å². The molecular formula is C23H27FN6O. The molecule has 0 saturated carbocycles. The Morgan fingerprint density at radius 3 is 2.45 bits per heavy atom. The second kappa shape index (κ2) is 7.02. The molecule has 8 heteroatoms.